The van der Waals surface area contributed by atoms with Gasteiger partial charge in [0.1, 0.15) is 0 Å². The molecule has 4 fully saturated rings. The minimum atomic E-state index is -0.673. The molecule has 162 valence electrons. The largest absolute Gasteiger partial charge is 0.452 e. The summed E-state index contributed by atoms with van der Waals surface area (Å²) in [6.45, 7) is -0.332. The van der Waals surface area contributed by atoms with Gasteiger partial charge in [0.05, 0.1) is 12.2 Å². The van der Waals surface area contributed by atoms with Crippen LogP contribution < -0.4 is 16.0 Å². The molecule has 3 amide bonds. The molecular formula is C22H29N3O5. The van der Waals surface area contributed by atoms with Gasteiger partial charge in [0.15, 0.2) is 6.61 Å². The van der Waals surface area contributed by atoms with E-state index in [1.807, 2.05) is 0 Å². The maximum atomic E-state index is 12.4. The van der Waals surface area contributed by atoms with Gasteiger partial charge in [0.25, 0.3) is 5.91 Å². The average molecular weight is 415 g/mol. The summed E-state index contributed by atoms with van der Waals surface area (Å²) in [4.78, 5) is 36.9. The second-order valence-electron chi connectivity index (χ2n) is 8.97. The maximum absolute atomic E-state index is 12.4. The molecule has 4 aliphatic carbocycles. The standard InChI is InChI=1S/C22H29N3O5/c26-6-5-23-18-4-2-1-3-17(18)20(28)30-13-19(27)24-21(29)25-22-10-14-7-15(11-22)9-16(8-14)12-22/h1-4,14-16,23,26H,5-13H2,(H2,24,25,27,29). The third-order valence-electron chi connectivity index (χ3n) is 6.58. The van der Waals surface area contributed by atoms with E-state index < -0.39 is 24.5 Å². The molecule has 4 saturated carbocycles. The van der Waals surface area contributed by atoms with Crippen LogP contribution in [-0.4, -0.2) is 48.3 Å². The smallest absolute Gasteiger partial charge is 0.340 e. The fourth-order valence-corrected chi connectivity index (χ4v) is 5.91. The summed E-state index contributed by atoms with van der Waals surface area (Å²) in [6.07, 6.45) is 6.79. The average Bonchev–Trinajstić information content (AvgIpc) is 2.69. The van der Waals surface area contributed by atoms with Crippen molar-refractivity contribution in [3.05, 3.63) is 29.8 Å². The summed E-state index contributed by atoms with van der Waals surface area (Å²) >= 11 is 0. The lowest BCUT2D eigenvalue weighted by Crippen LogP contribution is -2.62. The molecule has 0 heterocycles. The molecule has 0 atom stereocenters. The van der Waals surface area contributed by atoms with Crippen molar-refractivity contribution in [1.82, 2.24) is 10.6 Å². The monoisotopic (exact) mass is 415 g/mol. The van der Waals surface area contributed by atoms with Crippen molar-refractivity contribution in [3.63, 3.8) is 0 Å². The van der Waals surface area contributed by atoms with E-state index in [0.717, 1.165) is 19.3 Å². The van der Waals surface area contributed by atoms with Crippen LogP contribution in [0.25, 0.3) is 0 Å². The molecule has 5 rings (SSSR count). The molecule has 0 unspecified atom stereocenters. The van der Waals surface area contributed by atoms with Crippen molar-refractivity contribution < 1.29 is 24.2 Å². The number of carbonyl (C=O) groups excluding carboxylic acids is 3. The minimum absolute atomic E-state index is 0.0787. The zero-order chi connectivity index (χ0) is 21.1. The molecule has 30 heavy (non-hydrogen) atoms. The minimum Gasteiger partial charge on any atom is -0.452 e. The molecular weight excluding hydrogens is 386 g/mol. The Hall–Kier alpha value is -2.61. The summed E-state index contributed by atoms with van der Waals surface area (Å²) in [6, 6.07) is 6.17. The van der Waals surface area contributed by atoms with Gasteiger partial charge >= 0.3 is 12.0 Å². The van der Waals surface area contributed by atoms with Crippen molar-refractivity contribution >= 4 is 23.6 Å². The van der Waals surface area contributed by atoms with E-state index in [-0.39, 0.29) is 24.3 Å². The van der Waals surface area contributed by atoms with Crippen molar-refractivity contribution in [2.75, 3.05) is 25.1 Å². The number of hydrogen-bond donors (Lipinski definition) is 4. The topological polar surface area (TPSA) is 117 Å². The predicted molar refractivity (Wildman–Crippen MR) is 110 cm³/mol. The lowest BCUT2D eigenvalue weighted by atomic mass is 9.53. The Labute approximate surface area is 175 Å². The van der Waals surface area contributed by atoms with Crippen LogP contribution >= 0.6 is 0 Å². The number of rotatable bonds is 7. The highest BCUT2D eigenvalue weighted by Crippen LogP contribution is 2.55. The number of benzene rings is 1. The number of hydrogen-bond acceptors (Lipinski definition) is 6. The van der Waals surface area contributed by atoms with E-state index in [0.29, 0.717) is 23.4 Å². The molecule has 0 saturated heterocycles. The number of imide groups is 1. The number of aliphatic hydroxyl groups is 1. The van der Waals surface area contributed by atoms with E-state index >= 15 is 0 Å². The summed E-state index contributed by atoms with van der Waals surface area (Å²) < 4.78 is 5.07. The van der Waals surface area contributed by atoms with E-state index in [1.54, 1.807) is 24.3 Å². The number of ether oxygens (including phenoxy) is 1. The third kappa shape index (κ3) is 4.59. The number of aliphatic hydroxyl groups excluding tert-OH is 1. The molecule has 8 heteroatoms. The van der Waals surface area contributed by atoms with E-state index in [9.17, 15) is 14.4 Å². The Bertz CT molecular complexity index is 789. The quantitative estimate of drug-likeness (QED) is 0.507. The molecule has 0 aromatic heterocycles. The van der Waals surface area contributed by atoms with Gasteiger partial charge in [-0.15, -0.1) is 0 Å². The van der Waals surface area contributed by atoms with Crippen LogP contribution in [0.3, 0.4) is 0 Å². The lowest BCUT2D eigenvalue weighted by Gasteiger charge is -2.56. The molecule has 4 N–H and O–H groups in total. The first kappa shape index (κ1) is 20.7. The van der Waals surface area contributed by atoms with Gasteiger partial charge in [0, 0.05) is 17.8 Å². The highest BCUT2D eigenvalue weighted by atomic mass is 16.5. The van der Waals surface area contributed by atoms with Gasteiger partial charge in [-0.25, -0.2) is 9.59 Å². The van der Waals surface area contributed by atoms with Crippen LogP contribution in [0.4, 0.5) is 10.5 Å². The van der Waals surface area contributed by atoms with Crippen LogP contribution in [0.1, 0.15) is 48.9 Å². The first-order chi connectivity index (χ1) is 14.5. The third-order valence-corrected chi connectivity index (χ3v) is 6.58. The summed E-state index contributed by atoms with van der Waals surface area (Å²) in [7, 11) is 0. The number of anilines is 1. The number of nitrogens with one attached hydrogen (secondary N) is 3. The van der Waals surface area contributed by atoms with Gasteiger partial charge in [0.2, 0.25) is 0 Å². The van der Waals surface area contributed by atoms with Gasteiger partial charge in [-0.3, -0.25) is 10.1 Å². The number of amides is 3. The molecule has 4 aliphatic rings. The summed E-state index contributed by atoms with van der Waals surface area (Å²) in [5.41, 5.74) is 0.584. The molecule has 1 aromatic rings. The number of para-hydroxylation sites is 1. The van der Waals surface area contributed by atoms with E-state index in [1.165, 1.54) is 19.3 Å². The Morgan fingerprint density at radius 2 is 1.67 bits per heavy atom. The van der Waals surface area contributed by atoms with Crippen LogP contribution in [0.2, 0.25) is 0 Å². The van der Waals surface area contributed by atoms with Crippen molar-refractivity contribution in [3.8, 4) is 0 Å². The molecule has 4 bridgehead atoms. The first-order valence-electron chi connectivity index (χ1n) is 10.7. The number of carbonyl (C=O) groups is 3. The summed E-state index contributed by atoms with van der Waals surface area (Å²) in [5, 5.41) is 17.2. The number of esters is 1. The molecule has 8 nitrogen and oxygen atoms in total. The zero-order valence-corrected chi connectivity index (χ0v) is 17.0. The van der Waals surface area contributed by atoms with Gasteiger partial charge in [-0.1, -0.05) is 12.1 Å². The van der Waals surface area contributed by atoms with Crippen molar-refractivity contribution in [2.45, 2.75) is 44.1 Å². The van der Waals surface area contributed by atoms with E-state index in [2.05, 4.69) is 16.0 Å². The maximum Gasteiger partial charge on any atom is 0.340 e. The highest BCUT2D eigenvalue weighted by molar-refractivity contribution is 5.99. The Balaban J connectivity index is 1.26. The lowest BCUT2D eigenvalue weighted by molar-refractivity contribution is -0.123. The summed E-state index contributed by atoms with van der Waals surface area (Å²) in [5.74, 6) is 0.729. The number of urea groups is 1. The first-order valence-corrected chi connectivity index (χ1v) is 10.7. The SMILES string of the molecule is O=C(COC(=O)c1ccccc1NCCO)NC(=O)NC12CC3CC(CC(C3)C1)C2. The molecule has 0 spiro atoms. The predicted octanol–water partition coefficient (Wildman–Crippen LogP) is 2.04. The normalized spacial score (nSPS) is 28.6. The Kier molecular flexibility index (Phi) is 5.94. The van der Waals surface area contributed by atoms with Crippen LogP contribution in [0, 0.1) is 17.8 Å². The Morgan fingerprint density at radius 3 is 2.30 bits per heavy atom. The second kappa shape index (κ2) is 8.63. The van der Waals surface area contributed by atoms with Crippen LogP contribution in [-0.2, 0) is 9.53 Å². The van der Waals surface area contributed by atoms with Crippen LogP contribution in [0.5, 0.6) is 0 Å². The van der Waals surface area contributed by atoms with Crippen molar-refractivity contribution in [1.29, 1.82) is 0 Å². The van der Waals surface area contributed by atoms with Gasteiger partial charge in [-0.2, -0.15) is 0 Å². The molecule has 1 aromatic carbocycles. The zero-order valence-electron chi connectivity index (χ0n) is 17.0. The van der Waals surface area contributed by atoms with E-state index in [4.69, 9.17) is 9.84 Å². The second-order valence-corrected chi connectivity index (χ2v) is 8.97. The van der Waals surface area contributed by atoms with Crippen LogP contribution in [0.15, 0.2) is 24.3 Å². The van der Waals surface area contributed by atoms with Gasteiger partial charge < -0.3 is 20.5 Å². The fourth-order valence-electron chi connectivity index (χ4n) is 5.91. The fraction of sp³-hybridized carbons (Fsp3) is 0.591. The molecule has 0 aliphatic heterocycles. The molecule has 0 radical (unpaired) electrons. The van der Waals surface area contributed by atoms with Gasteiger partial charge in [-0.05, 0) is 68.4 Å². The Morgan fingerprint density at radius 1 is 1.03 bits per heavy atom. The highest BCUT2D eigenvalue weighted by Gasteiger charge is 2.51. The van der Waals surface area contributed by atoms with Crippen molar-refractivity contribution in [2.24, 2.45) is 17.8 Å².